The van der Waals surface area contributed by atoms with Gasteiger partial charge in [0.05, 0.1) is 13.1 Å². The van der Waals surface area contributed by atoms with E-state index in [1.807, 2.05) is 30.0 Å². The highest BCUT2D eigenvalue weighted by Crippen LogP contribution is 2.20. The molecular weight excluding hydrogens is 402 g/mol. The Morgan fingerprint density at radius 3 is 2.83 bits per heavy atom. The number of nitrogens with one attached hydrogen (secondary N) is 2. The lowest BCUT2D eigenvalue weighted by Crippen LogP contribution is -2.40. The smallest absolute Gasteiger partial charge is 0.253 e. The van der Waals surface area contributed by atoms with Gasteiger partial charge in [0.15, 0.2) is 5.11 Å². The van der Waals surface area contributed by atoms with Crippen molar-refractivity contribution in [3.8, 4) is 0 Å². The van der Waals surface area contributed by atoms with E-state index in [9.17, 15) is 4.79 Å². The third-order valence-electron chi connectivity index (χ3n) is 4.77. The normalized spacial score (nSPS) is 11.0. The summed E-state index contributed by atoms with van der Waals surface area (Å²) in [6, 6.07) is 10.3. The SMILES string of the molecule is COCCCNC(=S)N(Cc1cccs1)Cc1cc2c(C)cc(C)cc2[nH]c1=O. The molecule has 2 N–H and O–H groups in total. The Balaban J connectivity index is 1.85. The predicted molar refractivity (Wildman–Crippen MR) is 125 cm³/mol. The number of benzene rings is 1. The van der Waals surface area contributed by atoms with Crippen LogP contribution in [0.1, 0.15) is 28.0 Å². The number of pyridine rings is 1. The maximum atomic E-state index is 12.8. The van der Waals surface area contributed by atoms with E-state index in [1.54, 1.807) is 18.4 Å². The van der Waals surface area contributed by atoms with Gasteiger partial charge in [0, 0.05) is 41.6 Å². The van der Waals surface area contributed by atoms with Crippen LogP contribution < -0.4 is 10.9 Å². The standard InChI is InChI=1S/C22H27N3O2S2/c1-15-10-16(2)19-12-17(21(26)24-20(19)11-15)13-25(14-18-6-4-9-29-18)22(28)23-7-5-8-27-3/h4,6,9-12H,5,7-8,13-14H2,1-3H3,(H,23,28)(H,24,26). The highest BCUT2D eigenvalue weighted by atomic mass is 32.1. The van der Waals surface area contributed by atoms with Gasteiger partial charge >= 0.3 is 0 Å². The van der Waals surface area contributed by atoms with Crippen molar-refractivity contribution in [3.63, 3.8) is 0 Å². The van der Waals surface area contributed by atoms with E-state index in [1.165, 1.54) is 4.88 Å². The number of rotatable bonds is 8. The van der Waals surface area contributed by atoms with E-state index in [0.29, 0.717) is 30.4 Å². The molecule has 0 aliphatic carbocycles. The summed E-state index contributed by atoms with van der Waals surface area (Å²) < 4.78 is 5.10. The molecule has 0 saturated carbocycles. The second-order valence-corrected chi connectivity index (χ2v) is 8.60. The molecule has 0 aliphatic heterocycles. The number of methoxy groups -OCH3 is 1. The Bertz CT molecular complexity index is 1030. The summed E-state index contributed by atoms with van der Waals surface area (Å²) in [5, 5.41) is 7.07. The van der Waals surface area contributed by atoms with Gasteiger partial charge < -0.3 is 19.9 Å². The van der Waals surface area contributed by atoms with Crippen LogP contribution in [0.3, 0.4) is 0 Å². The topological polar surface area (TPSA) is 57.4 Å². The van der Waals surface area contributed by atoms with Crippen LogP contribution in [0, 0.1) is 13.8 Å². The minimum Gasteiger partial charge on any atom is -0.385 e. The van der Waals surface area contributed by atoms with Crippen LogP contribution in [-0.2, 0) is 17.8 Å². The van der Waals surface area contributed by atoms with Crippen molar-refractivity contribution in [1.82, 2.24) is 15.2 Å². The number of aryl methyl sites for hydroxylation is 2. The van der Waals surface area contributed by atoms with Gasteiger partial charge in [-0.3, -0.25) is 4.79 Å². The largest absolute Gasteiger partial charge is 0.385 e. The highest BCUT2D eigenvalue weighted by Gasteiger charge is 2.15. The molecule has 0 saturated heterocycles. The zero-order valence-corrected chi connectivity index (χ0v) is 18.7. The van der Waals surface area contributed by atoms with Crippen LogP contribution in [0.15, 0.2) is 40.5 Å². The maximum absolute atomic E-state index is 12.8. The third kappa shape index (κ3) is 5.65. The van der Waals surface area contributed by atoms with Crippen molar-refractivity contribution in [2.24, 2.45) is 0 Å². The fourth-order valence-corrected chi connectivity index (χ4v) is 4.30. The first-order valence-corrected chi connectivity index (χ1v) is 10.9. The number of aromatic nitrogens is 1. The Morgan fingerprint density at radius 2 is 2.10 bits per heavy atom. The van der Waals surface area contributed by atoms with Gasteiger partial charge in [-0.05, 0) is 67.2 Å². The minimum absolute atomic E-state index is 0.0686. The Kier molecular flexibility index (Phi) is 7.41. The molecule has 0 unspecified atom stereocenters. The van der Waals surface area contributed by atoms with E-state index >= 15 is 0 Å². The number of hydrogen-bond acceptors (Lipinski definition) is 4. The zero-order valence-electron chi connectivity index (χ0n) is 17.1. The average molecular weight is 430 g/mol. The monoisotopic (exact) mass is 429 g/mol. The minimum atomic E-state index is -0.0686. The van der Waals surface area contributed by atoms with Crippen LogP contribution in [0.25, 0.3) is 10.9 Å². The predicted octanol–water partition coefficient (Wildman–Crippen LogP) is 4.12. The number of H-pyrrole nitrogens is 1. The maximum Gasteiger partial charge on any atom is 0.253 e. The zero-order chi connectivity index (χ0) is 20.8. The van der Waals surface area contributed by atoms with E-state index in [4.69, 9.17) is 17.0 Å². The lowest BCUT2D eigenvalue weighted by atomic mass is 10.0. The van der Waals surface area contributed by atoms with Gasteiger partial charge in [0.1, 0.15) is 0 Å². The number of fused-ring (bicyclic) bond motifs is 1. The number of aromatic amines is 1. The van der Waals surface area contributed by atoms with Crippen molar-refractivity contribution >= 4 is 39.6 Å². The molecule has 154 valence electrons. The van der Waals surface area contributed by atoms with Crippen molar-refractivity contribution < 1.29 is 4.74 Å². The second kappa shape index (κ2) is 10.0. The third-order valence-corrected chi connectivity index (χ3v) is 6.03. The fourth-order valence-electron chi connectivity index (χ4n) is 3.35. The lowest BCUT2D eigenvalue weighted by molar-refractivity contribution is 0.195. The van der Waals surface area contributed by atoms with Gasteiger partial charge in [-0.15, -0.1) is 11.3 Å². The molecule has 0 bridgehead atoms. The van der Waals surface area contributed by atoms with Crippen molar-refractivity contribution in [3.05, 3.63) is 67.6 Å². The summed E-state index contributed by atoms with van der Waals surface area (Å²) >= 11 is 7.33. The summed E-state index contributed by atoms with van der Waals surface area (Å²) in [7, 11) is 1.69. The number of hydrogen-bond donors (Lipinski definition) is 2. The molecule has 0 spiro atoms. The Hall–Kier alpha value is -2.22. The van der Waals surface area contributed by atoms with Crippen molar-refractivity contribution in [2.45, 2.75) is 33.4 Å². The van der Waals surface area contributed by atoms with E-state index in [2.05, 4.69) is 34.7 Å². The van der Waals surface area contributed by atoms with Gasteiger partial charge in [0.25, 0.3) is 5.56 Å². The molecule has 0 fully saturated rings. The summed E-state index contributed by atoms with van der Waals surface area (Å²) in [5.41, 5.74) is 3.81. The lowest BCUT2D eigenvalue weighted by Gasteiger charge is -2.25. The van der Waals surface area contributed by atoms with Crippen LogP contribution in [0.5, 0.6) is 0 Å². The van der Waals surface area contributed by atoms with Gasteiger partial charge in [0.2, 0.25) is 0 Å². The molecule has 5 nitrogen and oxygen atoms in total. The quantitative estimate of drug-likeness (QED) is 0.417. The molecule has 7 heteroatoms. The molecule has 29 heavy (non-hydrogen) atoms. The first kappa shape index (κ1) is 21.5. The Morgan fingerprint density at radius 1 is 1.28 bits per heavy atom. The molecule has 2 heterocycles. The molecule has 0 atom stereocenters. The number of thiocarbonyl (C=S) groups is 1. The summed E-state index contributed by atoms with van der Waals surface area (Å²) in [5.74, 6) is 0. The second-order valence-electron chi connectivity index (χ2n) is 7.18. The average Bonchev–Trinajstić information content (AvgIpc) is 3.18. The van der Waals surface area contributed by atoms with E-state index < -0.39 is 0 Å². The summed E-state index contributed by atoms with van der Waals surface area (Å²) in [6.07, 6.45) is 0.874. The molecule has 1 aromatic carbocycles. The van der Waals surface area contributed by atoms with Crippen molar-refractivity contribution in [2.75, 3.05) is 20.3 Å². The Labute approximate surface area is 180 Å². The van der Waals surface area contributed by atoms with E-state index in [0.717, 1.165) is 35.0 Å². The fraction of sp³-hybridized carbons (Fsp3) is 0.364. The highest BCUT2D eigenvalue weighted by molar-refractivity contribution is 7.80. The molecule has 3 rings (SSSR count). The molecule has 0 radical (unpaired) electrons. The van der Waals surface area contributed by atoms with Crippen LogP contribution in [-0.4, -0.2) is 35.3 Å². The molecule has 0 amide bonds. The van der Waals surface area contributed by atoms with Crippen molar-refractivity contribution in [1.29, 1.82) is 0 Å². The van der Waals surface area contributed by atoms with Gasteiger partial charge in [-0.1, -0.05) is 12.1 Å². The van der Waals surface area contributed by atoms with Gasteiger partial charge in [-0.25, -0.2) is 0 Å². The number of thiophene rings is 1. The number of ether oxygens (including phenoxy) is 1. The molecule has 3 aromatic rings. The summed E-state index contributed by atoms with van der Waals surface area (Å²) in [4.78, 5) is 19.1. The summed E-state index contributed by atoms with van der Waals surface area (Å²) in [6.45, 7) is 6.65. The first-order chi connectivity index (χ1) is 14.0. The van der Waals surface area contributed by atoms with E-state index in [-0.39, 0.29) is 5.56 Å². The molecular formula is C22H27N3O2S2. The first-order valence-electron chi connectivity index (χ1n) is 9.65. The number of nitrogens with zero attached hydrogens (tertiary/aromatic N) is 1. The molecule has 2 aromatic heterocycles. The van der Waals surface area contributed by atoms with Crippen LogP contribution in [0.4, 0.5) is 0 Å². The van der Waals surface area contributed by atoms with Crippen LogP contribution >= 0.6 is 23.6 Å². The van der Waals surface area contributed by atoms with Crippen LogP contribution in [0.2, 0.25) is 0 Å². The van der Waals surface area contributed by atoms with Gasteiger partial charge in [-0.2, -0.15) is 0 Å². The molecule has 0 aliphatic rings.